The van der Waals surface area contributed by atoms with Gasteiger partial charge in [-0.25, -0.2) is 8.42 Å². The van der Waals surface area contributed by atoms with Crippen LogP contribution in [0.3, 0.4) is 0 Å². The summed E-state index contributed by atoms with van der Waals surface area (Å²) in [5.74, 6) is 0.601. The molecule has 0 radical (unpaired) electrons. The summed E-state index contributed by atoms with van der Waals surface area (Å²) < 4.78 is 31.0. The van der Waals surface area contributed by atoms with Crippen molar-refractivity contribution in [2.45, 2.75) is 19.8 Å². The number of hydrogen-bond acceptors (Lipinski definition) is 4. The van der Waals surface area contributed by atoms with E-state index < -0.39 is 10.0 Å². The van der Waals surface area contributed by atoms with Crippen LogP contribution in [-0.2, 0) is 14.8 Å². The number of nitrogens with one attached hydrogen (secondary N) is 1. The minimum atomic E-state index is -3.47. The van der Waals surface area contributed by atoms with Crippen molar-refractivity contribution in [1.29, 1.82) is 0 Å². The molecule has 2 aromatic rings. The number of sulfonamides is 1. The lowest BCUT2D eigenvalue weighted by molar-refractivity contribution is -0.121. The summed E-state index contributed by atoms with van der Waals surface area (Å²) in [4.78, 5) is 12.0. The second-order valence-corrected chi connectivity index (χ2v) is 8.70. The highest BCUT2D eigenvalue weighted by Gasteiger charge is 2.18. The molecule has 0 aliphatic heterocycles. The van der Waals surface area contributed by atoms with Crippen molar-refractivity contribution < 1.29 is 17.9 Å². The topological polar surface area (TPSA) is 75.7 Å². The number of rotatable bonds is 10. The Labute approximate surface area is 171 Å². The molecule has 0 bridgehead atoms. The predicted octanol–water partition coefficient (Wildman–Crippen LogP) is 3.39. The molecule has 28 heavy (non-hydrogen) atoms. The van der Waals surface area contributed by atoms with Gasteiger partial charge in [-0.3, -0.25) is 9.10 Å². The normalized spacial score (nSPS) is 11.1. The third-order valence-corrected chi connectivity index (χ3v) is 5.65. The summed E-state index contributed by atoms with van der Waals surface area (Å²) in [7, 11) is -3.47. The Balaban J connectivity index is 1.78. The molecule has 0 heterocycles. The van der Waals surface area contributed by atoms with Crippen molar-refractivity contribution in [1.82, 2.24) is 5.32 Å². The maximum atomic E-state index is 12.1. The Bertz CT molecular complexity index is 888. The summed E-state index contributed by atoms with van der Waals surface area (Å²) in [6, 6.07) is 14.5. The fourth-order valence-electron chi connectivity index (χ4n) is 2.57. The first-order chi connectivity index (χ1) is 13.3. The van der Waals surface area contributed by atoms with E-state index in [1.54, 1.807) is 18.2 Å². The second-order valence-electron chi connectivity index (χ2n) is 6.38. The van der Waals surface area contributed by atoms with Gasteiger partial charge in [-0.05, 0) is 43.2 Å². The standard InChI is InChI=1S/C20H25ClN2O4S/c1-16-10-11-17(15-19(16)21)23(28(2,25)26)13-6-9-20(24)22-12-14-27-18-7-4-3-5-8-18/h3-5,7-8,10-11,15H,6,9,12-14H2,1-2H3,(H,22,24). The average Bonchev–Trinajstić information content (AvgIpc) is 2.65. The zero-order valence-corrected chi connectivity index (χ0v) is 17.6. The number of carbonyl (C=O) groups excluding carboxylic acids is 1. The molecule has 152 valence electrons. The number of nitrogens with zero attached hydrogens (tertiary/aromatic N) is 1. The van der Waals surface area contributed by atoms with E-state index in [1.807, 2.05) is 37.3 Å². The van der Waals surface area contributed by atoms with Crippen LogP contribution in [-0.4, -0.2) is 40.3 Å². The molecule has 1 N–H and O–H groups in total. The Hall–Kier alpha value is -2.25. The molecule has 2 aromatic carbocycles. The van der Waals surface area contributed by atoms with Crippen LogP contribution in [0.15, 0.2) is 48.5 Å². The number of amides is 1. The van der Waals surface area contributed by atoms with Gasteiger partial charge in [0.1, 0.15) is 12.4 Å². The van der Waals surface area contributed by atoms with E-state index >= 15 is 0 Å². The maximum Gasteiger partial charge on any atom is 0.232 e. The van der Waals surface area contributed by atoms with E-state index in [2.05, 4.69) is 5.32 Å². The zero-order chi connectivity index (χ0) is 20.6. The Morgan fingerprint density at radius 3 is 2.54 bits per heavy atom. The van der Waals surface area contributed by atoms with E-state index in [9.17, 15) is 13.2 Å². The second kappa shape index (κ2) is 10.3. The highest BCUT2D eigenvalue weighted by Crippen LogP contribution is 2.25. The fraction of sp³-hybridized carbons (Fsp3) is 0.350. The minimum Gasteiger partial charge on any atom is -0.492 e. The van der Waals surface area contributed by atoms with Crippen molar-refractivity contribution in [2.24, 2.45) is 0 Å². The largest absolute Gasteiger partial charge is 0.492 e. The molecule has 1 amide bonds. The van der Waals surface area contributed by atoms with Crippen LogP contribution in [0.2, 0.25) is 5.02 Å². The zero-order valence-electron chi connectivity index (χ0n) is 16.0. The van der Waals surface area contributed by atoms with Crippen LogP contribution in [0.5, 0.6) is 5.75 Å². The van der Waals surface area contributed by atoms with Crippen molar-refractivity contribution >= 4 is 33.2 Å². The quantitative estimate of drug-likeness (QED) is 0.593. The lowest BCUT2D eigenvalue weighted by Crippen LogP contribution is -2.33. The van der Waals surface area contributed by atoms with Gasteiger partial charge in [-0.1, -0.05) is 35.9 Å². The molecule has 0 saturated carbocycles. The molecule has 0 fully saturated rings. The molecule has 0 unspecified atom stereocenters. The van der Waals surface area contributed by atoms with Gasteiger partial charge >= 0.3 is 0 Å². The number of para-hydroxylation sites is 1. The average molecular weight is 425 g/mol. The highest BCUT2D eigenvalue weighted by molar-refractivity contribution is 7.92. The molecule has 0 spiro atoms. The Morgan fingerprint density at radius 1 is 1.18 bits per heavy atom. The Kier molecular flexibility index (Phi) is 8.14. The van der Waals surface area contributed by atoms with Crippen LogP contribution < -0.4 is 14.4 Å². The summed E-state index contributed by atoms with van der Waals surface area (Å²) >= 11 is 6.11. The van der Waals surface area contributed by atoms with Gasteiger partial charge in [-0.2, -0.15) is 0 Å². The van der Waals surface area contributed by atoms with Gasteiger partial charge in [0.05, 0.1) is 18.5 Å². The molecule has 0 atom stereocenters. The van der Waals surface area contributed by atoms with E-state index in [0.29, 0.717) is 30.3 Å². The van der Waals surface area contributed by atoms with Crippen molar-refractivity contribution in [3.8, 4) is 5.75 Å². The SMILES string of the molecule is Cc1ccc(N(CCCC(=O)NCCOc2ccccc2)S(C)(=O)=O)cc1Cl. The molecule has 6 nitrogen and oxygen atoms in total. The molecule has 2 rings (SSSR count). The minimum absolute atomic E-state index is 0.146. The van der Waals surface area contributed by atoms with Crippen molar-refractivity contribution in [3.63, 3.8) is 0 Å². The van der Waals surface area contributed by atoms with Gasteiger partial charge < -0.3 is 10.1 Å². The van der Waals surface area contributed by atoms with Crippen molar-refractivity contribution in [2.75, 3.05) is 30.3 Å². The van der Waals surface area contributed by atoms with Gasteiger partial charge in [-0.15, -0.1) is 0 Å². The highest BCUT2D eigenvalue weighted by atomic mass is 35.5. The first-order valence-corrected chi connectivity index (χ1v) is 11.2. The third kappa shape index (κ3) is 7.05. The van der Waals surface area contributed by atoms with Crippen molar-refractivity contribution in [3.05, 3.63) is 59.1 Å². The van der Waals surface area contributed by atoms with Crippen LogP contribution in [0, 0.1) is 6.92 Å². The van der Waals surface area contributed by atoms with Gasteiger partial charge in [0.15, 0.2) is 0 Å². The molecule has 0 aromatic heterocycles. The Morgan fingerprint density at radius 2 is 1.89 bits per heavy atom. The number of aryl methyl sites for hydroxylation is 1. The van der Waals surface area contributed by atoms with E-state index in [1.165, 1.54) is 4.31 Å². The number of hydrogen-bond donors (Lipinski definition) is 1. The molecular formula is C20H25ClN2O4S. The molecule has 0 aliphatic carbocycles. The maximum absolute atomic E-state index is 12.1. The molecule has 8 heteroatoms. The number of benzene rings is 2. The van der Waals surface area contributed by atoms with E-state index in [-0.39, 0.29) is 18.9 Å². The van der Waals surface area contributed by atoms with Gasteiger partial charge in [0.2, 0.25) is 15.9 Å². The summed E-state index contributed by atoms with van der Waals surface area (Å²) in [5.41, 5.74) is 1.37. The molecular weight excluding hydrogens is 400 g/mol. The number of carbonyl (C=O) groups is 1. The smallest absolute Gasteiger partial charge is 0.232 e. The van der Waals surface area contributed by atoms with Crippen LogP contribution >= 0.6 is 11.6 Å². The van der Waals surface area contributed by atoms with Crippen LogP contribution in [0.1, 0.15) is 18.4 Å². The summed E-state index contributed by atoms with van der Waals surface area (Å²) in [6.45, 7) is 2.80. The monoisotopic (exact) mass is 424 g/mol. The summed E-state index contributed by atoms with van der Waals surface area (Å²) in [5, 5.41) is 3.27. The number of anilines is 1. The van der Waals surface area contributed by atoms with Gasteiger partial charge in [0, 0.05) is 18.0 Å². The van der Waals surface area contributed by atoms with Gasteiger partial charge in [0.25, 0.3) is 0 Å². The van der Waals surface area contributed by atoms with E-state index in [4.69, 9.17) is 16.3 Å². The van der Waals surface area contributed by atoms with Crippen LogP contribution in [0.25, 0.3) is 0 Å². The predicted molar refractivity (Wildman–Crippen MR) is 113 cm³/mol. The first-order valence-electron chi connectivity index (χ1n) is 8.96. The van der Waals surface area contributed by atoms with E-state index in [0.717, 1.165) is 17.6 Å². The molecule has 0 aliphatic rings. The summed E-state index contributed by atoms with van der Waals surface area (Å²) in [6.07, 6.45) is 1.75. The third-order valence-electron chi connectivity index (χ3n) is 4.04. The lowest BCUT2D eigenvalue weighted by Gasteiger charge is -2.23. The number of ether oxygens (including phenoxy) is 1. The number of halogens is 1. The lowest BCUT2D eigenvalue weighted by atomic mass is 10.2. The molecule has 0 saturated heterocycles. The van der Waals surface area contributed by atoms with Crippen LogP contribution in [0.4, 0.5) is 5.69 Å². The fourth-order valence-corrected chi connectivity index (χ4v) is 3.70. The first kappa shape index (κ1) is 22.0.